The van der Waals surface area contributed by atoms with Crippen LogP contribution in [0.25, 0.3) is 0 Å². The van der Waals surface area contributed by atoms with Crippen LogP contribution < -0.4 is 5.73 Å². The topological polar surface area (TPSA) is 86.3 Å². The summed E-state index contributed by atoms with van der Waals surface area (Å²) >= 11 is 0. The predicted molar refractivity (Wildman–Crippen MR) is 66.7 cm³/mol. The molecule has 0 saturated heterocycles. The second-order valence-corrected chi connectivity index (χ2v) is 3.78. The first-order chi connectivity index (χ1) is 8.71. The fourth-order valence-corrected chi connectivity index (χ4v) is 1.53. The number of nitrogens with two attached hydrogens (primary N) is 1. The van der Waals surface area contributed by atoms with Crippen LogP contribution in [-0.4, -0.2) is 52.1 Å². The summed E-state index contributed by atoms with van der Waals surface area (Å²) in [6, 6.07) is 0. The maximum absolute atomic E-state index is 12.0. The molecule has 0 spiro atoms. The van der Waals surface area contributed by atoms with Gasteiger partial charge in [0.25, 0.3) is 0 Å². The Labute approximate surface area is 107 Å². The highest BCUT2D eigenvalue weighted by atomic mass is 16.5. The Morgan fingerprint density at radius 2 is 2.33 bits per heavy atom. The highest BCUT2D eigenvalue weighted by Gasteiger charge is 2.12. The molecule has 0 aliphatic heterocycles. The third kappa shape index (κ3) is 4.42. The summed E-state index contributed by atoms with van der Waals surface area (Å²) in [4.78, 5) is 13.7. The molecule has 18 heavy (non-hydrogen) atoms. The standard InChI is InChI=1S/C11H21N5O2/c1-3-15(5-6-18-4-2)11(17)9-16-8-10(7-12)13-14-16/h8H,3-7,9,12H2,1-2H3. The monoisotopic (exact) mass is 255 g/mol. The Bertz CT molecular complexity index is 366. The molecule has 1 rings (SSSR count). The number of carbonyl (C=O) groups excluding carboxylic acids is 1. The van der Waals surface area contributed by atoms with E-state index in [2.05, 4.69) is 10.3 Å². The van der Waals surface area contributed by atoms with Crippen LogP contribution in [0.1, 0.15) is 19.5 Å². The Morgan fingerprint density at radius 3 is 2.89 bits per heavy atom. The first-order valence-corrected chi connectivity index (χ1v) is 6.15. The molecule has 0 fully saturated rings. The average molecular weight is 255 g/mol. The van der Waals surface area contributed by atoms with Gasteiger partial charge >= 0.3 is 0 Å². The number of ether oxygens (including phenoxy) is 1. The molecule has 0 radical (unpaired) electrons. The molecule has 0 saturated carbocycles. The van der Waals surface area contributed by atoms with Gasteiger partial charge < -0.3 is 15.4 Å². The number of rotatable bonds is 8. The van der Waals surface area contributed by atoms with Crippen molar-refractivity contribution in [1.82, 2.24) is 19.9 Å². The lowest BCUT2D eigenvalue weighted by Gasteiger charge is -2.20. The SMILES string of the molecule is CCOCCN(CC)C(=O)Cn1cc(CN)nn1. The molecule has 0 aromatic carbocycles. The first-order valence-electron chi connectivity index (χ1n) is 6.15. The van der Waals surface area contributed by atoms with Gasteiger partial charge in [0.1, 0.15) is 6.54 Å². The lowest BCUT2D eigenvalue weighted by molar-refractivity contribution is -0.132. The van der Waals surface area contributed by atoms with Crippen molar-refractivity contribution in [3.63, 3.8) is 0 Å². The van der Waals surface area contributed by atoms with Crippen molar-refractivity contribution >= 4 is 5.91 Å². The zero-order valence-corrected chi connectivity index (χ0v) is 11.0. The summed E-state index contributed by atoms with van der Waals surface area (Å²) < 4.78 is 6.75. The van der Waals surface area contributed by atoms with Crippen molar-refractivity contribution in [3.05, 3.63) is 11.9 Å². The molecule has 0 aliphatic rings. The molecule has 1 amide bonds. The van der Waals surface area contributed by atoms with Crippen LogP contribution in [0.15, 0.2) is 6.20 Å². The fourth-order valence-electron chi connectivity index (χ4n) is 1.53. The second kappa shape index (κ2) is 7.78. The summed E-state index contributed by atoms with van der Waals surface area (Å²) in [5.41, 5.74) is 6.11. The number of amides is 1. The summed E-state index contributed by atoms with van der Waals surface area (Å²) in [7, 11) is 0. The molecule has 0 aliphatic carbocycles. The van der Waals surface area contributed by atoms with Crippen molar-refractivity contribution in [1.29, 1.82) is 0 Å². The molecule has 102 valence electrons. The molecule has 1 aromatic rings. The molecule has 7 heteroatoms. The summed E-state index contributed by atoms with van der Waals surface area (Å²) in [5.74, 6) is 0.00525. The Kier molecular flexibility index (Phi) is 6.31. The normalized spacial score (nSPS) is 10.6. The summed E-state index contributed by atoms with van der Waals surface area (Å²) in [6.45, 7) is 6.86. The minimum atomic E-state index is 0.00525. The number of nitrogens with zero attached hydrogens (tertiary/aromatic N) is 4. The highest BCUT2D eigenvalue weighted by Crippen LogP contribution is 1.96. The van der Waals surface area contributed by atoms with E-state index in [0.717, 1.165) is 0 Å². The third-order valence-corrected chi connectivity index (χ3v) is 2.54. The van der Waals surface area contributed by atoms with E-state index in [1.165, 1.54) is 4.68 Å². The van der Waals surface area contributed by atoms with Crippen LogP contribution in [-0.2, 0) is 22.6 Å². The van der Waals surface area contributed by atoms with Gasteiger partial charge in [0, 0.05) is 26.2 Å². The maximum atomic E-state index is 12.0. The number of likely N-dealkylation sites (N-methyl/N-ethyl adjacent to an activating group) is 1. The first kappa shape index (κ1) is 14.6. The van der Waals surface area contributed by atoms with Crippen molar-refractivity contribution in [3.8, 4) is 0 Å². The van der Waals surface area contributed by atoms with Crippen molar-refractivity contribution < 1.29 is 9.53 Å². The van der Waals surface area contributed by atoms with Gasteiger partial charge in [-0.25, -0.2) is 4.68 Å². The molecular formula is C11H21N5O2. The van der Waals surface area contributed by atoms with Gasteiger partial charge in [0.2, 0.25) is 5.91 Å². The summed E-state index contributed by atoms with van der Waals surface area (Å²) in [5, 5.41) is 7.69. The molecule has 1 aromatic heterocycles. The maximum Gasteiger partial charge on any atom is 0.244 e. The lowest BCUT2D eigenvalue weighted by Crippen LogP contribution is -2.36. The fraction of sp³-hybridized carbons (Fsp3) is 0.727. The van der Waals surface area contributed by atoms with Crippen molar-refractivity contribution in [2.45, 2.75) is 26.9 Å². The van der Waals surface area contributed by atoms with Gasteiger partial charge in [0.05, 0.1) is 18.5 Å². The molecule has 1 heterocycles. The van der Waals surface area contributed by atoms with E-state index < -0.39 is 0 Å². The van der Waals surface area contributed by atoms with Crippen molar-refractivity contribution in [2.75, 3.05) is 26.3 Å². The van der Waals surface area contributed by atoms with Crippen LogP contribution in [0.4, 0.5) is 0 Å². The molecule has 7 nitrogen and oxygen atoms in total. The van der Waals surface area contributed by atoms with E-state index in [0.29, 0.717) is 38.5 Å². The van der Waals surface area contributed by atoms with Gasteiger partial charge in [-0.1, -0.05) is 5.21 Å². The highest BCUT2D eigenvalue weighted by molar-refractivity contribution is 5.75. The van der Waals surface area contributed by atoms with Gasteiger partial charge in [-0.05, 0) is 13.8 Å². The van der Waals surface area contributed by atoms with Crippen LogP contribution in [0, 0.1) is 0 Å². The van der Waals surface area contributed by atoms with Crippen LogP contribution >= 0.6 is 0 Å². The molecule has 0 atom stereocenters. The van der Waals surface area contributed by atoms with E-state index in [9.17, 15) is 4.79 Å². The molecule has 0 unspecified atom stereocenters. The second-order valence-electron chi connectivity index (χ2n) is 3.78. The average Bonchev–Trinajstić information content (AvgIpc) is 2.82. The molecule has 2 N–H and O–H groups in total. The van der Waals surface area contributed by atoms with Crippen LogP contribution in [0.3, 0.4) is 0 Å². The minimum absolute atomic E-state index is 0.00525. The predicted octanol–water partition coefficient (Wildman–Crippen LogP) is -0.378. The zero-order chi connectivity index (χ0) is 13.4. The van der Waals surface area contributed by atoms with Gasteiger partial charge in [-0.3, -0.25) is 4.79 Å². The quantitative estimate of drug-likeness (QED) is 0.640. The molecular weight excluding hydrogens is 234 g/mol. The molecule has 0 bridgehead atoms. The van der Waals surface area contributed by atoms with E-state index >= 15 is 0 Å². The van der Waals surface area contributed by atoms with Gasteiger partial charge in [-0.2, -0.15) is 0 Å². The summed E-state index contributed by atoms with van der Waals surface area (Å²) in [6.07, 6.45) is 1.69. The zero-order valence-electron chi connectivity index (χ0n) is 11.0. The Hall–Kier alpha value is -1.47. The number of hydrogen-bond donors (Lipinski definition) is 1. The minimum Gasteiger partial charge on any atom is -0.380 e. The van der Waals surface area contributed by atoms with Crippen molar-refractivity contribution in [2.24, 2.45) is 5.73 Å². The number of hydrogen-bond acceptors (Lipinski definition) is 5. The Morgan fingerprint density at radius 1 is 1.56 bits per heavy atom. The largest absolute Gasteiger partial charge is 0.380 e. The van der Waals surface area contributed by atoms with E-state index in [4.69, 9.17) is 10.5 Å². The number of carbonyl (C=O) groups is 1. The van der Waals surface area contributed by atoms with Crippen LogP contribution in [0.2, 0.25) is 0 Å². The van der Waals surface area contributed by atoms with Crippen LogP contribution in [0.5, 0.6) is 0 Å². The van der Waals surface area contributed by atoms with E-state index in [1.807, 2.05) is 13.8 Å². The van der Waals surface area contributed by atoms with Gasteiger partial charge in [-0.15, -0.1) is 5.10 Å². The number of aromatic nitrogens is 3. The Balaban J connectivity index is 2.45. The van der Waals surface area contributed by atoms with E-state index in [-0.39, 0.29) is 12.5 Å². The third-order valence-electron chi connectivity index (χ3n) is 2.54. The van der Waals surface area contributed by atoms with E-state index in [1.54, 1.807) is 11.1 Å². The smallest absolute Gasteiger partial charge is 0.244 e. The lowest BCUT2D eigenvalue weighted by atomic mass is 10.4. The van der Waals surface area contributed by atoms with Gasteiger partial charge in [0.15, 0.2) is 0 Å².